The highest BCUT2D eigenvalue weighted by Gasteiger charge is 2.20. The van der Waals surface area contributed by atoms with Crippen LogP contribution in [0.15, 0.2) is 17.0 Å². The fraction of sp³-hybridized carbons (Fsp3) is 0.538. The van der Waals surface area contributed by atoms with Crippen LogP contribution in [0.3, 0.4) is 0 Å². The molecule has 0 bridgehead atoms. The van der Waals surface area contributed by atoms with Crippen molar-refractivity contribution in [2.75, 3.05) is 18.0 Å². The van der Waals surface area contributed by atoms with E-state index in [4.69, 9.17) is 0 Å². The van der Waals surface area contributed by atoms with E-state index in [1.54, 1.807) is 6.33 Å². The number of halogens is 1. The molecule has 0 unspecified atom stereocenters. The molecule has 4 nitrogen and oxygen atoms in total. The Hall–Kier alpha value is -1.10. The van der Waals surface area contributed by atoms with Crippen LogP contribution in [0.2, 0.25) is 0 Å². The third kappa shape index (κ3) is 1.90. The van der Waals surface area contributed by atoms with E-state index in [-0.39, 0.29) is 0 Å². The summed E-state index contributed by atoms with van der Waals surface area (Å²) in [6, 6.07) is 2.10. The molecule has 0 saturated carbocycles. The van der Waals surface area contributed by atoms with Gasteiger partial charge in [0.2, 0.25) is 0 Å². The zero-order chi connectivity index (χ0) is 12.7. The van der Waals surface area contributed by atoms with Gasteiger partial charge >= 0.3 is 0 Å². The maximum Gasteiger partial charge on any atom is 0.156 e. The van der Waals surface area contributed by atoms with Crippen LogP contribution < -0.4 is 4.90 Å². The fourth-order valence-electron chi connectivity index (χ4n) is 2.61. The van der Waals surface area contributed by atoms with E-state index in [9.17, 15) is 0 Å². The number of piperidine rings is 1. The summed E-state index contributed by atoms with van der Waals surface area (Å²) in [5.41, 5.74) is 2.34. The van der Waals surface area contributed by atoms with Crippen molar-refractivity contribution >= 4 is 27.3 Å². The highest BCUT2D eigenvalue weighted by molar-refractivity contribution is 9.10. The summed E-state index contributed by atoms with van der Waals surface area (Å²) >= 11 is 3.54. The number of hydrogen-bond acceptors (Lipinski definition) is 3. The number of fused-ring (bicyclic) bond motifs is 1. The average Bonchev–Trinajstić information content (AvgIpc) is 2.66. The Kier molecular flexibility index (Phi) is 3.01. The summed E-state index contributed by atoms with van der Waals surface area (Å²) in [6.45, 7) is 6.62. The number of rotatable bonds is 1. The van der Waals surface area contributed by atoms with Gasteiger partial charge in [0.1, 0.15) is 16.4 Å². The predicted molar refractivity (Wildman–Crippen MR) is 76.0 cm³/mol. The molecule has 0 aromatic carbocycles. The first-order valence-corrected chi connectivity index (χ1v) is 7.20. The summed E-state index contributed by atoms with van der Waals surface area (Å²) in [4.78, 5) is 6.89. The van der Waals surface area contributed by atoms with Crippen LogP contribution in [0, 0.1) is 12.8 Å². The van der Waals surface area contributed by atoms with Gasteiger partial charge in [0.25, 0.3) is 0 Å². The molecule has 1 saturated heterocycles. The first-order valence-electron chi connectivity index (χ1n) is 6.40. The molecule has 0 spiro atoms. The van der Waals surface area contributed by atoms with Crippen LogP contribution in [0.5, 0.6) is 0 Å². The lowest BCUT2D eigenvalue weighted by atomic mass is 9.99. The average molecular weight is 309 g/mol. The molecule has 1 aliphatic rings. The number of nitrogens with zero attached hydrogens (tertiary/aromatic N) is 4. The Labute approximate surface area is 115 Å². The Morgan fingerprint density at radius 2 is 2.06 bits per heavy atom. The van der Waals surface area contributed by atoms with E-state index in [2.05, 4.69) is 50.8 Å². The topological polar surface area (TPSA) is 33.4 Å². The Balaban J connectivity index is 2.06. The maximum atomic E-state index is 4.50. The lowest BCUT2D eigenvalue weighted by molar-refractivity contribution is 0.436. The van der Waals surface area contributed by atoms with Crippen molar-refractivity contribution in [1.29, 1.82) is 0 Å². The van der Waals surface area contributed by atoms with Gasteiger partial charge in [-0.3, -0.25) is 0 Å². The molecule has 1 fully saturated rings. The molecule has 3 heterocycles. The standard InChI is InChI=1S/C13H17BrN4/c1-9-3-5-17(6-4-9)13-12-10(2)7-11(14)18(12)16-8-15-13/h7-9H,3-6H2,1-2H3. The van der Waals surface area contributed by atoms with E-state index >= 15 is 0 Å². The number of aromatic nitrogens is 3. The van der Waals surface area contributed by atoms with Crippen molar-refractivity contribution in [3.05, 3.63) is 22.6 Å². The van der Waals surface area contributed by atoms with E-state index in [1.807, 2.05) is 4.52 Å². The minimum absolute atomic E-state index is 0.832. The molecule has 5 heteroatoms. The van der Waals surface area contributed by atoms with Crippen LogP contribution in [-0.2, 0) is 0 Å². The minimum atomic E-state index is 0.832. The SMILES string of the molecule is Cc1cc(Br)n2ncnc(N3CCC(C)CC3)c12. The van der Waals surface area contributed by atoms with Gasteiger partial charge in [-0.05, 0) is 53.2 Å². The second-order valence-electron chi connectivity index (χ2n) is 5.16. The van der Waals surface area contributed by atoms with Gasteiger partial charge in [0, 0.05) is 13.1 Å². The van der Waals surface area contributed by atoms with Gasteiger partial charge in [-0.15, -0.1) is 0 Å². The molecule has 0 amide bonds. The second-order valence-corrected chi connectivity index (χ2v) is 5.98. The first-order chi connectivity index (χ1) is 8.66. The zero-order valence-electron chi connectivity index (χ0n) is 10.7. The molecule has 2 aromatic heterocycles. The van der Waals surface area contributed by atoms with Crippen molar-refractivity contribution < 1.29 is 0 Å². The van der Waals surface area contributed by atoms with Crippen LogP contribution >= 0.6 is 15.9 Å². The zero-order valence-corrected chi connectivity index (χ0v) is 12.3. The van der Waals surface area contributed by atoms with Gasteiger partial charge in [-0.1, -0.05) is 6.92 Å². The molecule has 1 aliphatic heterocycles. The smallest absolute Gasteiger partial charge is 0.156 e. The summed E-state index contributed by atoms with van der Waals surface area (Å²) in [5, 5.41) is 4.30. The minimum Gasteiger partial charge on any atom is -0.355 e. The second kappa shape index (κ2) is 4.53. The molecule has 96 valence electrons. The predicted octanol–water partition coefficient (Wildman–Crippen LogP) is 3.04. The van der Waals surface area contributed by atoms with E-state index < -0.39 is 0 Å². The molecule has 0 N–H and O–H groups in total. The Bertz CT molecular complexity index is 570. The largest absolute Gasteiger partial charge is 0.355 e. The third-order valence-corrected chi connectivity index (χ3v) is 4.33. The van der Waals surface area contributed by atoms with Crippen molar-refractivity contribution in [2.24, 2.45) is 5.92 Å². The van der Waals surface area contributed by atoms with Crippen LogP contribution in [0.25, 0.3) is 5.52 Å². The monoisotopic (exact) mass is 308 g/mol. The molecular formula is C13H17BrN4. The van der Waals surface area contributed by atoms with E-state index in [1.165, 1.54) is 18.4 Å². The third-order valence-electron chi connectivity index (χ3n) is 3.77. The highest BCUT2D eigenvalue weighted by atomic mass is 79.9. The normalized spacial score (nSPS) is 17.6. The first kappa shape index (κ1) is 12.0. The van der Waals surface area contributed by atoms with Crippen molar-refractivity contribution in [2.45, 2.75) is 26.7 Å². The summed E-state index contributed by atoms with van der Waals surface area (Å²) in [7, 11) is 0. The lowest BCUT2D eigenvalue weighted by Crippen LogP contribution is -2.33. The Morgan fingerprint density at radius 1 is 1.33 bits per heavy atom. The van der Waals surface area contributed by atoms with Crippen molar-refractivity contribution in [3.63, 3.8) is 0 Å². The summed E-state index contributed by atoms with van der Waals surface area (Å²) in [6.07, 6.45) is 4.14. The maximum absolute atomic E-state index is 4.50. The number of anilines is 1. The fourth-order valence-corrected chi connectivity index (χ4v) is 3.22. The van der Waals surface area contributed by atoms with Gasteiger partial charge in [0.15, 0.2) is 5.82 Å². The molecular weight excluding hydrogens is 292 g/mol. The van der Waals surface area contributed by atoms with Gasteiger partial charge in [-0.25, -0.2) is 9.50 Å². The molecule has 3 rings (SSSR count). The van der Waals surface area contributed by atoms with Gasteiger partial charge < -0.3 is 4.90 Å². The van der Waals surface area contributed by atoms with E-state index in [0.717, 1.165) is 34.9 Å². The molecule has 18 heavy (non-hydrogen) atoms. The quantitative estimate of drug-likeness (QED) is 0.812. The van der Waals surface area contributed by atoms with Crippen molar-refractivity contribution in [1.82, 2.24) is 14.6 Å². The number of aryl methyl sites for hydroxylation is 1. The molecule has 0 atom stereocenters. The number of hydrogen-bond donors (Lipinski definition) is 0. The van der Waals surface area contributed by atoms with Crippen LogP contribution in [0.4, 0.5) is 5.82 Å². The van der Waals surface area contributed by atoms with Crippen LogP contribution in [0.1, 0.15) is 25.3 Å². The van der Waals surface area contributed by atoms with E-state index in [0.29, 0.717) is 0 Å². The summed E-state index contributed by atoms with van der Waals surface area (Å²) in [5.74, 6) is 1.90. The molecule has 0 radical (unpaired) electrons. The van der Waals surface area contributed by atoms with Gasteiger partial charge in [0.05, 0.1) is 0 Å². The Morgan fingerprint density at radius 3 is 2.78 bits per heavy atom. The molecule has 0 aliphatic carbocycles. The van der Waals surface area contributed by atoms with Crippen molar-refractivity contribution in [3.8, 4) is 0 Å². The van der Waals surface area contributed by atoms with Crippen LogP contribution in [-0.4, -0.2) is 27.7 Å². The molecule has 2 aromatic rings. The lowest BCUT2D eigenvalue weighted by Gasteiger charge is -2.31. The van der Waals surface area contributed by atoms with Gasteiger partial charge in [-0.2, -0.15) is 5.10 Å². The summed E-state index contributed by atoms with van der Waals surface area (Å²) < 4.78 is 2.92. The highest BCUT2D eigenvalue weighted by Crippen LogP contribution is 2.29.